The van der Waals surface area contributed by atoms with Crippen molar-refractivity contribution in [3.05, 3.63) is 81.4 Å². The second kappa shape index (κ2) is 14.3. The summed E-state index contributed by atoms with van der Waals surface area (Å²) in [4.78, 5) is 19.7. The van der Waals surface area contributed by atoms with Crippen LogP contribution in [0.1, 0.15) is 68.2 Å². The van der Waals surface area contributed by atoms with Crippen LogP contribution in [0.4, 0.5) is 26.3 Å². The van der Waals surface area contributed by atoms with E-state index in [1.807, 2.05) is 0 Å². The molecule has 2 aromatic heterocycles. The van der Waals surface area contributed by atoms with E-state index >= 15 is 8.78 Å². The molecule has 252 valence electrons. The summed E-state index contributed by atoms with van der Waals surface area (Å²) in [5.41, 5.74) is 3.86. The van der Waals surface area contributed by atoms with Crippen molar-refractivity contribution < 1.29 is 26.3 Å². The molecule has 1 fully saturated rings. The average molecular weight is 662 g/mol. The Balaban J connectivity index is 1.42. The number of nitrogens with two attached hydrogens (primary N) is 1. The van der Waals surface area contributed by atoms with Crippen LogP contribution in [0.2, 0.25) is 0 Å². The SMILES string of the molecule is CC(=N)NCC[C@@H]1CCC[C@@H](c2ccc(-n3cc4cc(-c5cc(CCC[C@@H](N)CF)cc(C(F)(F)F)c5F)[nH]c4nc3=O)cc2F)N1. The highest BCUT2D eigenvalue weighted by atomic mass is 19.4. The van der Waals surface area contributed by atoms with Gasteiger partial charge in [-0.05, 0) is 81.3 Å². The maximum atomic E-state index is 15.5. The predicted molar refractivity (Wildman–Crippen MR) is 168 cm³/mol. The van der Waals surface area contributed by atoms with Crippen molar-refractivity contribution in [1.29, 1.82) is 5.41 Å². The van der Waals surface area contributed by atoms with Gasteiger partial charge in [-0.3, -0.25) is 9.98 Å². The third-order valence-electron chi connectivity index (χ3n) is 8.48. The molecule has 6 N–H and O–H groups in total. The number of alkyl halides is 4. The number of H-pyrrole nitrogens is 1. The number of nitrogens with one attached hydrogen (secondary N) is 4. The number of aromatic nitrogens is 3. The molecule has 2 aromatic carbocycles. The largest absolute Gasteiger partial charge is 0.419 e. The second-order valence-electron chi connectivity index (χ2n) is 12.1. The molecule has 8 nitrogen and oxygen atoms in total. The quantitative estimate of drug-likeness (QED) is 0.0718. The standard InChI is InChI=1S/C33H37F6N7O/c1-18(40)42-11-10-22-6-3-7-28(43-22)24-9-8-23(15-27(24)35)46-17-20-14-29(44-31(20)45-32(46)47)25-12-19(4-2-5-21(41)16-34)13-26(30(25)36)33(37,38)39/h8-9,12-15,17,21-22,28,43H,2-7,10-11,16,41H2,1H3,(H2,40,42)(H,44,45,47)/t21-,22+,28+/m1/s1. The first-order valence-electron chi connectivity index (χ1n) is 15.5. The van der Waals surface area contributed by atoms with Crippen molar-refractivity contribution in [2.75, 3.05) is 13.2 Å². The maximum Gasteiger partial charge on any atom is 0.419 e. The zero-order valence-corrected chi connectivity index (χ0v) is 25.8. The third kappa shape index (κ3) is 8.04. The van der Waals surface area contributed by atoms with Crippen LogP contribution in [0.3, 0.4) is 0 Å². The molecule has 0 saturated carbocycles. The van der Waals surface area contributed by atoms with E-state index in [4.69, 9.17) is 11.1 Å². The Morgan fingerprint density at radius 2 is 1.98 bits per heavy atom. The van der Waals surface area contributed by atoms with Gasteiger partial charge in [0.05, 0.1) is 22.8 Å². The third-order valence-corrected chi connectivity index (χ3v) is 8.48. The lowest BCUT2D eigenvalue weighted by Crippen LogP contribution is -2.39. The van der Waals surface area contributed by atoms with Gasteiger partial charge in [-0.1, -0.05) is 12.5 Å². The van der Waals surface area contributed by atoms with E-state index in [9.17, 15) is 22.4 Å². The first-order chi connectivity index (χ1) is 22.3. The second-order valence-corrected chi connectivity index (χ2v) is 12.1. The van der Waals surface area contributed by atoms with Gasteiger partial charge >= 0.3 is 11.9 Å². The van der Waals surface area contributed by atoms with Crippen molar-refractivity contribution in [3.63, 3.8) is 0 Å². The minimum atomic E-state index is -4.97. The number of halogens is 6. The van der Waals surface area contributed by atoms with Gasteiger partial charge in [0, 0.05) is 47.4 Å². The molecular formula is C33H37F6N7O. The lowest BCUT2D eigenvalue weighted by atomic mass is 9.91. The molecule has 0 radical (unpaired) electrons. The van der Waals surface area contributed by atoms with Crippen LogP contribution in [-0.2, 0) is 12.6 Å². The average Bonchev–Trinajstić information content (AvgIpc) is 3.43. The van der Waals surface area contributed by atoms with Crippen LogP contribution < -0.4 is 22.1 Å². The van der Waals surface area contributed by atoms with E-state index in [2.05, 4.69) is 20.6 Å². The van der Waals surface area contributed by atoms with Gasteiger partial charge in [-0.25, -0.2) is 18.0 Å². The van der Waals surface area contributed by atoms with E-state index in [1.165, 1.54) is 24.4 Å². The molecule has 0 spiro atoms. The summed E-state index contributed by atoms with van der Waals surface area (Å²) in [5.74, 6) is -1.61. The van der Waals surface area contributed by atoms with Gasteiger partial charge in [-0.15, -0.1) is 0 Å². The molecule has 3 heterocycles. The fourth-order valence-corrected chi connectivity index (χ4v) is 6.08. The van der Waals surface area contributed by atoms with Gasteiger partial charge in [0.1, 0.15) is 24.0 Å². The normalized spacial score (nSPS) is 17.6. The zero-order chi connectivity index (χ0) is 33.9. The number of aryl methyl sites for hydroxylation is 1. The van der Waals surface area contributed by atoms with Gasteiger partial charge < -0.3 is 21.4 Å². The van der Waals surface area contributed by atoms with Gasteiger partial charge in [0.25, 0.3) is 0 Å². The van der Waals surface area contributed by atoms with Gasteiger partial charge in [0.15, 0.2) is 0 Å². The molecule has 3 atom stereocenters. The Kier molecular flexibility index (Phi) is 10.4. The summed E-state index contributed by atoms with van der Waals surface area (Å²) < 4.78 is 86.0. The van der Waals surface area contributed by atoms with Gasteiger partial charge in [0.2, 0.25) is 0 Å². The molecule has 0 bridgehead atoms. The van der Waals surface area contributed by atoms with Crippen LogP contribution in [-0.4, -0.2) is 45.7 Å². The first kappa shape index (κ1) is 34.2. The van der Waals surface area contributed by atoms with Crippen molar-refractivity contribution in [1.82, 2.24) is 25.2 Å². The number of hydrogen-bond donors (Lipinski definition) is 5. The van der Waals surface area contributed by atoms with Crippen molar-refractivity contribution in [3.8, 4) is 16.9 Å². The molecule has 0 amide bonds. The highest BCUT2D eigenvalue weighted by Gasteiger charge is 2.36. The number of fused-ring (bicyclic) bond motifs is 1. The molecule has 0 aliphatic carbocycles. The molecule has 1 aliphatic rings. The lowest BCUT2D eigenvalue weighted by Gasteiger charge is -2.32. The Hall–Kier alpha value is -4.17. The Morgan fingerprint density at radius 1 is 1.19 bits per heavy atom. The molecule has 14 heteroatoms. The number of rotatable bonds is 11. The molecule has 1 saturated heterocycles. The van der Waals surface area contributed by atoms with Crippen LogP contribution in [0.25, 0.3) is 28.0 Å². The van der Waals surface area contributed by atoms with E-state index in [0.717, 1.165) is 36.3 Å². The van der Waals surface area contributed by atoms with E-state index in [-0.39, 0.29) is 53.1 Å². The Labute approximate surface area is 267 Å². The fraction of sp³-hybridized carbons (Fsp3) is 0.424. The minimum absolute atomic E-state index is 0.0239. The monoisotopic (exact) mass is 661 g/mol. The summed E-state index contributed by atoms with van der Waals surface area (Å²) >= 11 is 0. The lowest BCUT2D eigenvalue weighted by molar-refractivity contribution is -0.140. The number of benzene rings is 2. The molecule has 4 aromatic rings. The summed E-state index contributed by atoms with van der Waals surface area (Å²) in [6.07, 6.45) is 0.438. The molecule has 0 unspecified atom stereocenters. The summed E-state index contributed by atoms with van der Waals surface area (Å²) in [5, 5.41) is 14.3. The molecule has 47 heavy (non-hydrogen) atoms. The highest BCUT2D eigenvalue weighted by Crippen LogP contribution is 2.37. The van der Waals surface area contributed by atoms with Crippen molar-refractivity contribution >= 4 is 16.9 Å². The van der Waals surface area contributed by atoms with Crippen molar-refractivity contribution in [2.45, 2.75) is 76.2 Å². The summed E-state index contributed by atoms with van der Waals surface area (Å²) in [6, 6.07) is 7.05. The topological polar surface area (TPSA) is 125 Å². The van der Waals surface area contributed by atoms with Crippen LogP contribution in [0, 0.1) is 17.0 Å². The number of hydrogen-bond acceptors (Lipinski definition) is 5. The van der Waals surface area contributed by atoms with Crippen molar-refractivity contribution in [2.24, 2.45) is 5.73 Å². The molecule has 5 rings (SSSR count). The molecule has 1 aliphatic heterocycles. The van der Waals surface area contributed by atoms with E-state index in [1.54, 1.807) is 19.1 Å². The van der Waals surface area contributed by atoms with Gasteiger partial charge in [-0.2, -0.15) is 18.2 Å². The number of piperidine rings is 1. The minimum Gasteiger partial charge on any atom is -0.374 e. The van der Waals surface area contributed by atoms with Crippen LogP contribution >= 0.6 is 0 Å². The smallest absolute Gasteiger partial charge is 0.374 e. The number of amidine groups is 1. The highest BCUT2D eigenvalue weighted by molar-refractivity contribution is 5.83. The van der Waals surface area contributed by atoms with Crippen LogP contribution in [0.15, 0.2) is 47.4 Å². The van der Waals surface area contributed by atoms with E-state index < -0.39 is 41.8 Å². The Morgan fingerprint density at radius 3 is 2.68 bits per heavy atom. The first-order valence-corrected chi connectivity index (χ1v) is 15.5. The summed E-state index contributed by atoms with van der Waals surface area (Å²) in [7, 11) is 0. The number of nitrogens with zero attached hydrogens (tertiary/aromatic N) is 2. The molecular weight excluding hydrogens is 624 g/mol. The maximum absolute atomic E-state index is 15.5. The predicted octanol–water partition coefficient (Wildman–Crippen LogP) is 6.46. The fourth-order valence-electron chi connectivity index (χ4n) is 6.08. The van der Waals surface area contributed by atoms with Crippen LogP contribution in [0.5, 0.6) is 0 Å². The summed E-state index contributed by atoms with van der Waals surface area (Å²) in [6.45, 7) is 1.55. The zero-order valence-electron chi connectivity index (χ0n) is 25.8. The van der Waals surface area contributed by atoms with E-state index in [0.29, 0.717) is 29.8 Å². The number of aromatic amines is 1. The Bertz CT molecular complexity index is 1800.